The first-order valence-electron chi connectivity index (χ1n) is 12.3. The predicted molar refractivity (Wildman–Crippen MR) is 130 cm³/mol. The lowest BCUT2D eigenvalue weighted by Gasteiger charge is -2.33. The first-order valence-corrected chi connectivity index (χ1v) is 12.3. The van der Waals surface area contributed by atoms with Gasteiger partial charge in [0.1, 0.15) is 5.82 Å². The van der Waals surface area contributed by atoms with Crippen molar-refractivity contribution in [1.82, 2.24) is 14.7 Å². The number of ether oxygens (including phenoxy) is 1. The summed E-state index contributed by atoms with van der Waals surface area (Å²) in [6.45, 7) is 1.68. The Balaban J connectivity index is 1.63. The minimum absolute atomic E-state index is 0.0117. The second kappa shape index (κ2) is 11.1. The molecule has 0 saturated carbocycles. The highest BCUT2D eigenvalue weighted by molar-refractivity contribution is 5.92. The predicted octanol–water partition coefficient (Wildman–Crippen LogP) is 5.27. The summed E-state index contributed by atoms with van der Waals surface area (Å²) in [5.41, 5.74) is -3.08. The zero-order valence-corrected chi connectivity index (χ0v) is 21.6. The van der Waals surface area contributed by atoms with Gasteiger partial charge < -0.3 is 19.4 Å². The maximum atomic E-state index is 13.6. The summed E-state index contributed by atoms with van der Waals surface area (Å²) in [5, 5.41) is 0. The molecule has 2 aromatic carbocycles. The average Bonchev–Trinajstić information content (AvgIpc) is 3.36. The van der Waals surface area contributed by atoms with E-state index in [-0.39, 0.29) is 25.2 Å². The van der Waals surface area contributed by atoms with Crippen LogP contribution in [0.4, 0.5) is 46.0 Å². The lowest BCUT2D eigenvalue weighted by atomic mass is 9.93. The highest BCUT2D eigenvalue weighted by atomic mass is 19.4. The van der Waals surface area contributed by atoms with Gasteiger partial charge in [-0.1, -0.05) is 12.1 Å². The van der Waals surface area contributed by atoms with Crippen LogP contribution in [0.15, 0.2) is 42.5 Å². The summed E-state index contributed by atoms with van der Waals surface area (Å²) in [7, 11) is 2.44. The number of amides is 4. The molecule has 2 atom stereocenters. The van der Waals surface area contributed by atoms with Gasteiger partial charge in [0, 0.05) is 51.9 Å². The number of carbonyl (C=O) groups excluding carboxylic acids is 2. The number of benzene rings is 2. The molecule has 0 aromatic heterocycles. The number of halogens is 7. The highest BCUT2D eigenvalue weighted by Gasteiger charge is 2.43. The molecular weight excluding hydrogens is 549 g/mol. The lowest BCUT2D eigenvalue weighted by molar-refractivity contribution is -0.143. The summed E-state index contributed by atoms with van der Waals surface area (Å²) in [6.07, 6.45) is -10.2. The van der Waals surface area contributed by atoms with E-state index in [1.165, 1.54) is 41.1 Å². The van der Waals surface area contributed by atoms with Crippen LogP contribution in [-0.4, -0.2) is 86.3 Å². The van der Waals surface area contributed by atoms with Crippen molar-refractivity contribution in [3.63, 3.8) is 0 Å². The fourth-order valence-electron chi connectivity index (χ4n) is 4.95. The summed E-state index contributed by atoms with van der Waals surface area (Å²) < 4.78 is 99.2. The molecule has 0 N–H and O–H groups in total. The summed E-state index contributed by atoms with van der Waals surface area (Å²) in [5.74, 6) is -0.992. The molecular formula is C26H27F7N4O3. The fraction of sp³-hybridized carbons (Fsp3) is 0.462. The largest absolute Gasteiger partial charge is 0.416 e. The average molecular weight is 577 g/mol. The molecule has 4 rings (SSSR count). The number of alkyl halides is 6. The van der Waals surface area contributed by atoms with Gasteiger partial charge in [0.2, 0.25) is 0 Å². The number of urea groups is 2. The van der Waals surface area contributed by atoms with Gasteiger partial charge in [-0.3, -0.25) is 4.90 Å². The minimum atomic E-state index is -5.08. The van der Waals surface area contributed by atoms with Crippen molar-refractivity contribution in [2.75, 3.05) is 58.4 Å². The lowest BCUT2D eigenvalue weighted by Crippen LogP contribution is -2.50. The number of hydrogen-bond donors (Lipinski definition) is 0. The van der Waals surface area contributed by atoms with Crippen molar-refractivity contribution in [3.8, 4) is 0 Å². The van der Waals surface area contributed by atoms with Crippen LogP contribution in [0, 0.1) is 5.82 Å². The molecule has 2 aliphatic rings. The van der Waals surface area contributed by atoms with Gasteiger partial charge in [0.05, 0.1) is 30.4 Å². The van der Waals surface area contributed by atoms with E-state index in [4.69, 9.17) is 4.74 Å². The Labute approximate surface area is 225 Å². The quantitative estimate of drug-likeness (QED) is 0.468. The molecule has 40 heavy (non-hydrogen) atoms. The Morgan fingerprint density at radius 2 is 1.40 bits per heavy atom. The Hall–Kier alpha value is -3.55. The highest BCUT2D eigenvalue weighted by Crippen LogP contribution is 2.39. The van der Waals surface area contributed by atoms with Gasteiger partial charge in [0.25, 0.3) is 0 Å². The smallest absolute Gasteiger partial charge is 0.378 e. The molecule has 0 aliphatic carbocycles. The van der Waals surface area contributed by atoms with Gasteiger partial charge in [-0.15, -0.1) is 0 Å². The minimum Gasteiger partial charge on any atom is -0.378 e. The van der Waals surface area contributed by atoms with Crippen molar-refractivity contribution >= 4 is 17.7 Å². The second-order valence-electron chi connectivity index (χ2n) is 9.73. The summed E-state index contributed by atoms with van der Waals surface area (Å²) in [4.78, 5) is 31.7. The Kier molecular flexibility index (Phi) is 8.20. The first kappa shape index (κ1) is 29.4. The van der Waals surface area contributed by atoms with Crippen molar-refractivity contribution < 1.29 is 45.1 Å². The molecule has 2 aliphatic heterocycles. The van der Waals surface area contributed by atoms with Crippen LogP contribution in [0.2, 0.25) is 0 Å². The molecule has 0 radical (unpaired) electrons. The maximum absolute atomic E-state index is 13.6. The number of likely N-dealkylation sites (N-methyl/N-ethyl adjacent to an activating group) is 1. The van der Waals surface area contributed by atoms with Crippen LogP contribution in [0.5, 0.6) is 0 Å². The van der Waals surface area contributed by atoms with E-state index in [0.29, 0.717) is 48.9 Å². The molecule has 2 unspecified atom stereocenters. The molecule has 2 fully saturated rings. The van der Waals surface area contributed by atoms with Gasteiger partial charge in [-0.2, -0.15) is 26.3 Å². The normalized spacial score (nSPS) is 20.0. The number of rotatable bonds is 3. The Morgan fingerprint density at radius 1 is 0.850 bits per heavy atom. The number of morpholine rings is 1. The fourth-order valence-corrected chi connectivity index (χ4v) is 4.95. The molecule has 218 valence electrons. The molecule has 0 bridgehead atoms. The summed E-state index contributed by atoms with van der Waals surface area (Å²) in [6, 6.07) is 4.54. The third kappa shape index (κ3) is 6.26. The van der Waals surface area contributed by atoms with Gasteiger partial charge in [-0.25, -0.2) is 14.0 Å². The van der Waals surface area contributed by atoms with Gasteiger partial charge in [-0.05, 0) is 35.9 Å². The standard InChI is InChI=1S/C26H27F7N4O3/c1-34(20-12-17(25(28,29)30)11-18(13-20)26(31,32)33)23(38)35(2)22-15-37(24(39)36-7-9-40-10-8-36)14-21(22)16-3-5-19(27)6-4-16/h3-6,11-13,21-22H,7-10,14-15H2,1-2H3. The van der Waals surface area contributed by atoms with Crippen LogP contribution in [-0.2, 0) is 17.1 Å². The summed E-state index contributed by atoms with van der Waals surface area (Å²) >= 11 is 0. The zero-order chi connectivity index (χ0) is 29.4. The van der Waals surface area contributed by atoms with E-state index in [1.54, 1.807) is 4.90 Å². The number of carbonyl (C=O) groups is 2. The van der Waals surface area contributed by atoms with E-state index in [2.05, 4.69) is 0 Å². The molecule has 2 heterocycles. The third-order valence-corrected chi connectivity index (χ3v) is 7.19. The topological polar surface area (TPSA) is 56.3 Å². The third-order valence-electron chi connectivity index (χ3n) is 7.19. The zero-order valence-electron chi connectivity index (χ0n) is 21.6. The van der Waals surface area contributed by atoms with E-state index in [1.807, 2.05) is 0 Å². The van der Waals surface area contributed by atoms with Crippen molar-refractivity contribution in [1.29, 1.82) is 0 Å². The second-order valence-corrected chi connectivity index (χ2v) is 9.73. The van der Waals surface area contributed by atoms with Crippen LogP contribution >= 0.6 is 0 Å². The molecule has 14 heteroatoms. The van der Waals surface area contributed by atoms with Crippen LogP contribution in [0.3, 0.4) is 0 Å². The van der Waals surface area contributed by atoms with Crippen molar-refractivity contribution in [2.24, 2.45) is 0 Å². The number of anilines is 1. The number of nitrogens with zero attached hydrogens (tertiary/aromatic N) is 4. The first-order chi connectivity index (χ1) is 18.7. The van der Waals surface area contributed by atoms with Crippen LogP contribution < -0.4 is 4.90 Å². The molecule has 2 saturated heterocycles. The SMILES string of the molecule is CN(C(=O)N(C)C1CN(C(=O)N2CCOCC2)CC1c1ccc(F)cc1)c1cc(C(F)(F)F)cc(C(F)(F)F)c1. The van der Waals surface area contributed by atoms with E-state index < -0.39 is 53.0 Å². The van der Waals surface area contributed by atoms with Gasteiger partial charge in [0.15, 0.2) is 0 Å². The molecule has 2 aromatic rings. The van der Waals surface area contributed by atoms with E-state index in [0.717, 1.165) is 7.05 Å². The van der Waals surface area contributed by atoms with Crippen LogP contribution in [0.25, 0.3) is 0 Å². The van der Waals surface area contributed by atoms with Crippen molar-refractivity contribution in [2.45, 2.75) is 24.3 Å². The van der Waals surface area contributed by atoms with Crippen molar-refractivity contribution in [3.05, 3.63) is 65.0 Å². The van der Waals surface area contributed by atoms with Crippen LogP contribution in [0.1, 0.15) is 22.6 Å². The monoisotopic (exact) mass is 576 g/mol. The Bertz CT molecular complexity index is 1200. The molecule has 4 amide bonds. The number of likely N-dealkylation sites (tertiary alicyclic amines) is 1. The molecule has 7 nitrogen and oxygen atoms in total. The molecule has 0 spiro atoms. The van der Waals surface area contributed by atoms with E-state index in [9.17, 15) is 40.3 Å². The maximum Gasteiger partial charge on any atom is 0.416 e. The van der Waals surface area contributed by atoms with E-state index >= 15 is 0 Å². The Morgan fingerprint density at radius 3 is 1.93 bits per heavy atom. The number of hydrogen-bond acceptors (Lipinski definition) is 3. The van der Waals surface area contributed by atoms with Gasteiger partial charge >= 0.3 is 24.4 Å².